The lowest BCUT2D eigenvalue weighted by molar-refractivity contribution is 0.137. The standard InChI is InChI=1S/C17H26N4OS.C5H11NO2S/c1-3-15-9-16(17(23-15)5-7-22)13-4-6-21(12(2)8-13)11-14-10-18-20-19-14;1-9(7,8)6-4-2-3-5-6/h9-10,12-13,22H,3-8,11H2,1-2H3,(H,18,19,20);2-5H2,1H3/t12-,13?;/m0./s1. The van der Waals surface area contributed by atoms with Crippen molar-refractivity contribution in [3.63, 3.8) is 0 Å². The maximum absolute atomic E-state index is 10.8. The van der Waals surface area contributed by atoms with E-state index in [9.17, 15) is 13.5 Å². The highest BCUT2D eigenvalue weighted by molar-refractivity contribution is 7.88. The van der Waals surface area contributed by atoms with E-state index in [1.165, 1.54) is 38.7 Å². The van der Waals surface area contributed by atoms with E-state index >= 15 is 0 Å². The molecule has 0 saturated carbocycles. The number of piperidine rings is 1. The fraction of sp³-hybridized carbons (Fsp3) is 0.727. The third-order valence-electron chi connectivity index (χ3n) is 6.40. The van der Waals surface area contributed by atoms with Crippen LogP contribution >= 0.6 is 11.3 Å². The fourth-order valence-electron chi connectivity index (χ4n) is 4.58. The Hall–Kier alpha value is -1.33. The molecule has 180 valence electrons. The third-order valence-corrected chi connectivity index (χ3v) is 9.06. The lowest BCUT2D eigenvalue weighted by Crippen LogP contribution is -2.39. The van der Waals surface area contributed by atoms with Crippen molar-refractivity contribution < 1.29 is 13.5 Å². The Kier molecular flexibility index (Phi) is 9.24. The Morgan fingerprint density at radius 3 is 2.56 bits per heavy atom. The number of rotatable bonds is 7. The van der Waals surface area contributed by atoms with Gasteiger partial charge in [-0.25, -0.2) is 12.7 Å². The lowest BCUT2D eigenvalue weighted by atomic mass is 9.85. The van der Waals surface area contributed by atoms with Crippen LogP contribution in [0.3, 0.4) is 0 Å². The van der Waals surface area contributed by atoms with E-state index in [0.717, 1.165) is 57.6 Å². The molecule has 32 heavy (non-hydrogen) atoms. The average Bonchev–Trinajstić information content (AvgIpc) is 3.52. The summed E-state index contributed by atoms with van der Waals surface area (Å²) in [5, 5.41) is 20.1. The molecule has 4 heterocycles. The topological polar surface area (TPSA) is 102 Å². The molecule has 0 radical (unpaired) electrons. The molecule has 2 aliphatic rings. The van der Waals surface area contributed by atoms with Gasteiger partial charge in [-0.3, -0.25) is 4.90 Å². The Labute approximate surface area is 196 Å². The summed E-state index contributed by atoms with van der Waals surface area (Å²) in [6, 6.07) is 2.93. The summed E-state index contributed by atoms with van der Waals surface area (Å²) in [5.74, 6) is 0.622. The third kappa shape index (κ3) is 6.84. The van der Waals surface area contributed by atoms with E-state index in [1.807, 2.05) is 17.5 Å². The molecule has 0 bridgehead atoms. The number of hydrogen-bond acceptors (Lipinski definition) is 7. The van der Waals surface area contributed by atoms with Gasteiger partial charge in [0.25, 0.3) is 0 Å². The summed E-state index contributed by atoms with van der Waals surface area (Å²) in [7, 11) is -2.87. The van der Waals surface area contributed by atoms with Crippen LogP contribution in [0.5, 0.6) is 0 Å². The molecule has 8 nitrogen and oxygen atoms in total. The smallest absolute Gasteiger partial charge is 0.211 e. The lowest BCUT2D eigenvalue weighted by Gasteiger charge is -2.37. The molecule has 0 spiro atoms. The molecule has 2 aliphatic heterocycles. The van der Waals surface area contributed by atoms with Gasteiger partial charge in [0.15, 0.2) is 0 Å². The zero-order chi connectivity index (χ0) is 23.1. The summed E-state index contributed by atoms with van der Waals surface area (Å²) >= 11 is 1.89. The molecular formula is C22H37N5O3S2. The SMILES string of the molecule is CCc1cc(C2CCN(Cc3cn[nH]n3)[C@@H](C)C2)c(CCO)s1.CS(=O)(=O)N1CCCC1. The quantitative estimate of drug-likeness (QED) is 0.628. The minimum absolute atomic E-state index is 0.247. The van der Waals surface area contributed by atoms with Crippen LogP contribution in [0.1, 0.15) is 66.5 Å². The van der Waals surface area contributed by atoms with Gasteiger partial charge in [-0.15, -0.1) is 11.3 Å². The maximum Gasteiger partial charge on any atom is 0.211 e. The van der Waals surface area contributed by atoms with Crippen LogP contribution in [0.2, 0.25) is 0 Å². The Morgan fingerprint density at radius 1 is 1.28 bits per heavy atom. The second-order valence-corrected chi connectivity index (χ2v) is 12.0. The average molecular weight is 484 g/mol. The number of sulfonamides is 1. The number of aliphatic hydroxyl groups is 1. The predicted molar refractivity (Wildman–Crippen MR) is 128 cm³/mol. The largest absolute Gasteiger partial charge is 0.396 e. The van der Waals surface area contributed by atoms with E-state index in [4.69, 9.17) is 0 Å². The van der Waals surface area contributed by atoms with Gasteiger partial charge < -0.3 is 5.11 Å². The van der Waals surface area contributed by atoms with E-state index in [-0.39, 0.29) is 6.61 Å². The number of aromatic nitrogens is 3. The van der Waals surface area contributed by atoms with Crippen LogP contribution in [0.4, 0.5) is 0 Å². The molecule has 4 rings (SSSR count). The highest BCUT2D eigenvalue weighted by Gasteiger charge is 2.29. The van der Waals surface area contributed by atoms with E-state index < -0.39 is 10.0 Å². The normalized spacial score (nSPS) is 22.6. The van der Waals surface area contributed by atoms with Gasteiger partial charge >= 0.3 is 0 Å². The minimum Gasteiger partial charge on any atom is -0.396 e. The Bertz CT molecular complexity index is 924. The summed E-state index contributed by atoms with van der Waals surface area (Å²) in [6.07, 6.45) is 9.36. The zero-order valence-electron chi connectivity index (χ0n) is 19.5. The van der Waals surface area contributed by atoms with Crippen molar-refractivity contribution in [3.05, 3.63) is 33.3 Å². The molecule has 2 fully saturated rings. The van der Waals surface area contributed by atoms with Crippen LogP contribution in [0, 0.1) is 0 Å². The van der Waals surface area contributed by atoms with Crippen LogP contribution in [-0.4, -0.2) is 76.7 Å². The zero-order valence-corrected chi connectivity index (χ0v) is 21.1. The highest BCUT2D eigenvalue weighted by Crippen LogP contribution is 2.37. The van der Waals surface area contributed by atoms with Gasteiger partial charge in [-0.2, -0.15) is 15.4 Å². The van der Waals surface area contributed by atoms with E-state index in [0.29, 0.717) is 12.0 Å². The van der Waals surface area contributed by atoms with Crippen molar-refractivity contribution in [2.24, 2.45) is 0 Å². The first-order valence-electron chi connectivity index (χ1n) is 11.6. The van der Waals surface area contributed by atoms with Crippen LogP contribution in [0.25, 0.3) is 0 Å². The summed E-state index contributed by atoms with van der Waals surface area (Å²) in [4.78, 5) is 5.33. The number of hydrogen-bond donors (Lipinski definition) is 2. The Balaban J connectivity index is 0.000000269. The monoisotopic (exact) mass is 483 g/mol. The molecule has 2 atom stereocenters. The summed E-state index contributed by atoms with van der Waals surface area (Å²) < 4.78 is 23.0. The van der Waals surface area contributed by atoms with Gasteiger partial charge in [0, 0.05) is 48.5 Å². The van der Waals surface area contributed by atoms with Crippen molar-refractivity contribution in [3.8, 4) is 0 Å². The number of aromatic amines is 1. The van der Waals surface area contributed by atoms with Crippen molar-refractivity contribution in [1.82, 2.24) is 24.6 Å². The molecule has 2 aromatic heterocycles. The Morgan fingerprint density at radius 2 is 2.03 bits per heavy atom. The first-order chi connectivity index (χ1) is 15.3. The molecule has 0 aromatic carbocycles. The van der Waals surface area contributed by atoms with Crippen LogP contribution < -0.4 is 0 Å². The predicted octanol–water partition coefficient (Wildman–Crippen LogP) is 2.77. The second-order valence-electron chi connectivity index (χ2n) is 8.79. The van der Waals surface area contributed by atoms with Gasteiger partial charge in [0.05, 0.1) is 18.1 Å². The first kappa shape index (κ1) is 25.3. The maximum atomic E-state index is 10.8. The number of aliphatic hydroxyl groups excluding tert-OH is 1. The molecular weight excluding hydrogens is 446 g/mol. The molecule has 2 N–H and O–H groups in total. The van der Waals surface area contributed by atoms with Crippen molar-refractivity contribution in [1.29, 1.82) is 0 Å². The molecule has 1 unspecified atom stereocenters. The van der Waals surface area contributed by atoms with Gasteiger partial charge in [0.2, 0.25) is 10.0 Å². The number of nitrogens with zero attached hydrogens (tertiary/aromatic N) is 4. The number of thiophene rings is 1. The molecule has 2 saturated heterocycles. The van der Waals surface area contributed by atoms with Crippen molar-refractivity contribution >= 4 is 21.4 Å². The van der Waals surface area contributed by atoms with Gasteiger partial charge in [-0.05, 0) is 63.1 Å². The number of aryl methyl sites for hydroxylation is 1. The van der Waals surface area contributed by atoms with Crippen molar-refractivity contribution in [2.75, 3.05) is 32.5 Å². The molecule has 10 heteroatoms. The van der Waals surface area contributed by atoms with E-state index in [1.54, 1.807) is 0 Å². The minimum atomic E-state index is -2.87. The van der Waals surface area contributed by atoms with Crippen LogP contribution in [-0.2, 0) is 29.4 Å². The molecule has 2 aromatic rings. The number of likely N-dealkylation sites (tertiary alicyclic amines) is 1. The second kappa shape index (κ2) is 11.7. The van der Waals surface area contributed by atoms with Gasteiger partial charge in [0.1, 0.15) is 0 Å². The van der Waals surface area contributed by atoms with Gasteiger partial charge in [-0.1, -0.05) is 6.92 Å². The highest BCUT2D eigenvalue weighted by atomic mass is 32.2. The fourth-order valence-corrected chi connectivity index (χ4v) is 6.69. The molecule has 0 aliphatic carbocycles. The summed E-state index contributed by atoms with van der Waals surface area (Å²) in [5.41, 5.74) is 2.51. The molecule has 0 amide bonds. The van der Waals surface area contributed by atoms with Crippen LogP contribution in [0.15, 0.2) is 12.3 Å². The summed E-state index contributed by atoms with van der Waals surface area (Å²) in [6.45, 7) is 8.17. The van der Waals surface area contributed by atoms with Crippen molar-refractivity contribution in [2.45, 2.75) is 70.9 Å². The number of H-pyrrole nitrogens is 1. The number of nitrogens with one attached hydrogen (secondary N) is 1. The van der Waals surface area contributed by atoms with E-state index in [2.05, 4.69) is 40.2 Å². The first-order valence-corrected chi connectivity index (χ1v) is 14.2.